The summed E-state index contributed by atoms with van der Waals surface area (Å²) in [7, 11) is 4.01. The molecule has 0 saturated carbocycles. The van der Waals surface area contributed by atoms with Crippen molar-refractivity contribution in [2.24, 2.45) is 7.05 Å². The Labute approximate surface area is 204 Å². The van der Waals surface area contributed by atoms with Crippen molar-refractivity contribution in [1.29, 1.82) is 0 Å². The van der Waals surface area contributed by atoms with Crippen LogP contribution in [0.25, 0.3) is 22.3 Å². The molecule has 0 spiro atoms. The number of aryl methyl sites for hydroxylation is 1. The van der Waals surface area contributed by atoms with Crippen molar-refractivity contribution >= 4 is 28.4 Å². The third-order valence-corrected chi connectivity index (χ3v) is 7.22. The molecule has 1 saturated heterocycles. The van der Waals surface area contributed by atoms with Crippen LogP contribution < -0.4 is 20.9 Å². The van der Waals surface area contributed by atoms with E-state index in [0.717, 1.165) is 76.7 Å². The van der Waals surface area contributed by atoms with Gasteiger partial charge in [0, 0.05) is 67.2 Å². The topological polar surface area (TPSA) is 103 Å². The summed E-state index contributed by atoms with van der Waals surface area (Å²) in [5.74, 6) is 1.70. The number of anilines is 3. The molecule has 2 aliphatic heterocycles. The average Bonchev–Trinajstić information content (AvgIpc) is 3.48. The first-order valence-corrected chi connectivity index (χ1v) is 12.1. The minimum Gasteiger partial charge on any atom is -0.374 e. The second kappa shape index (κ2) is 8.92. The SMILES string of the molecule is CNC1CCN(c2cccc(Nc3cnc(-c4ccnc5c4ccn5C)c4c3C(O)NC4)n2)CC1. The van der Waals surface area contributed by atoms with Gasteiger partial charge in [-0.15, -0.1) is 0 Å². The van der Waals surface area contributed by atoms with Crippen LogP contribution >= 0.6 is 0 Å². The predicted octanol–water partition coefficient (Wildman–Crippen LogP) is 3.06. The van der Waals surface area contributed by atoms with Crippen LogP contribution in [0.5, 0.6) is 0 Å². The lowest BCUT2D eigenvalue weighted by atomic mass is 10.00. The van der Waals surface area contributed by atoms with E-state index in [0.29, 0.717) is 12.6 Å². The number of fused-ring (bicyclic) bond motifs is 2. The highest BCUT2D eigenvalue weighted by Gasteiger charge is 2.28. The summed E-state index contributed by atoms with van der Waals surface area (Å²) in [5.41, 5.74) is 5.36. The number of aliphatic hydroxyl groups excluding tert-OH is 1. The highest BCUT2D eigenvalue weighted by Crippen LogP contribution is 2.39. The lowest BCUT2D eigenvalue weighted by Crippen LogP contribution is -2.41. The number of hydrogen-bond donors (Lipinski definition) is 4. The van der Waals surface area contributed by atoms with Crippen LogP contribution in [0.15, 0.2) is 48.9 Å². The molecular weight excluding hydrogens is 440 g/mol. The zero-order valence-corrected chi connectivity index (χ0v) is 20.0. The quantitative estimate of drug-likeness (QED) is 0.353. The van der Waals surface area contributed by atoms with Gasteiger partial charge in [-0.3, -0.25) is 10.3 Å². The monoisotopic (exact) mass is 470 g/mol. The highest BCUT2D eigenvalue weighted by atomic mass is 16.3. The van der Waals surface area contributed by atoms with Crippen LogP contribution in [0, 0.1) is 0 Å². The van der Waals surface area contributed by atoms with Gasteiger partial charge < -0.3 is 25.2 Å². The van der Waals surface area contributed by atoms with Crippen molar-refractivity contribution in [2.75, 3.05) is 30.4 Å². The Balaban J connectivity index is 1.33. The second-order valence-electron chi connectivity index (χ2n) is 9.27. The number of rotatable bonds is 5. The van der Waals surface area contributed by atoms with E-state index in [9.17, 15) is 5.11 Å². The van der Waals surface area contributed by atoms with Crippen LogP contribution in [0.3, 0.4) is 0 Å². The molecule has 4 aromatic heterocycles. The van der Waals surface area contributed by atoms with Gasteiger partial charge in [0.05, 0.1) is 17.6 Å². The van der Waals surface area contributed by atoms with E-state index >= 15 is 0 Å². The summed E-state index contributed by atoms with van der Waals surface area (Å²) in [6.45, 7) is 2.51. The van der Waals surface area contributed by atoms with E-state index in [1.165, 1.54) is 0 Å². The van der Waals surface area contributed by atoms with E-state index in [4.69, 9.17) is 9.97 Å². The van der Waals surface area contributed by atoms with Crippen molar-refractivity contribution < 1.29 is 5.11 Å². The summed E-state index contributed by atoms with van der Waals surface area (Å²) >= 11 is 0. The Morgan fingerprint density at radius 1 is 1.11 bits per heavy atom. The smallest absolute Gasteiger partial charge is 0.140 e. The molecule has 35 heavy (non-hydrogen) atoms. The fraction of sp³-hybridized carbons (Fsp3) is 0.346. The highest BCUT2D eigenvalue weighted by molar-refractivity contribution is 5.93. The molecule has 0 aliphatic carbocycles. The largest absolute Gasteiger partial charge is 0.374 e. The molecule has 180 valence electrons. The lowest BCUT2D eigenvalue weighted by molar-refractivity contribution is 0.152. The molecule has 6 rings (SSSR count). The molecule has 1 fully saturated rings. The van der Waals surface area contributed by atoms with Crippen molar-refractivity contribution in [3.63, 3.8) is 0 Å². The Hall–Kier alpha value is -3.53. The minimum atomic E-state index is -0.772. The molecule has 0 amide bonds. The number of aliphatic hydroxyl groups is 1. The second-order valence-corrected chi connectivity index (χ2v) is 9.27. The average molecular weight is 471 g/mol. The Morgan fingerprint density at radius 3 is 2.80 bits per heavy atom. The molecule has 6 heterocycles. The number of hydrogen-bond acceptors (Lipinski definition) is 8. The Kier molecular flexibility index (Phi) is 5.60. The zero-order valence-electron chi connectivity index (χ0n) is 20.0. The van der Waals surface area contributed by atoms with E-state index in [1.807, 2.05) is 49.3 Å². The molecule has 9 heteroatoms. The maximum absolute atomic E-state index is 10.8. The van der Waals surface area contributed by atoms with Crippen molar-refractivity contribution in [3.05, 3.63) is 60.0 Å². The molecule has 1 atom stereocenters. The van der Waals surface area contributed by atoms with Crippen molar-refractivity contribution in [3.8, 4) is 11.3 Å². The first-order chi connectivity index (χ1) is 17.1. The van der Waals surface area contributed by atoms with Crippen molar-refractivity contribution in [2.45, 2.75) is 31.7 Å². The zero-order chi connectivity index (χ0) is 23.9. The molecule has 1 unspecified atom stereocenters. The van der Waals surface area contributed by atoms with Gasteiger partial charge in [-0.1, -0.05) is 6.07 Å². The van der Waals surface area contributed by atoms with Gasteiger partial charge >= 0.3 is 0 Å². The van der Waals surface area contributed by atoms with Crippen LogP contribution in [0.2, 0.25) is 0 Å². The third-order valence-electron chi connectivity index (χ3n) is 7.22. The molecule has 4 aromatic rings. The van der Waals surface area contributed by atoms with E-state index in [2.05, 4.69) is 38.0 Å². The summed E-state index contributed by atoms with van der Waals surface area (Å²) < 4.78 is 2.00. The van der Waals surface area contributed by atoms with Crippen LogP contribution in [-0.2, 0) is 13.6 Å². The molecule has 4 N–H and O–H groups in total. The molecule has 2 aliphatic rings. The third kappa shape index (κ3) is 3.91. The maximum atomic E-state index is 10.8. The van der Waals surface area contributed by atoms with Crippen molar-refractivity contribution in [1.82, 2.24) is 30.2 Å². The van der Waals surface area contributed by atoms with Gasteiger partial charge in [-0.05, 0) is 44.2 Å². The molecular formula is C26H30N8O. The molecule has 0 radical (unpaired) electrons. The Bertz CT molecular complexity index is 1380. The molecule has 9 nitrogen and oxygen atoms in total. The normalized spacial score (nSPS) is 18.3. The van der Waals surface area contributed by atoms with Gasteiger partial charge in [0.15, 0.2) is 0 Å². The fourth-order valence-electron chi connectivity index (χ4n) is 5.27. The van der Waals surface area contributed by atoms with Gasteiger partial charge in [0.25, 0.3) is 0 Å². The lowest BCUT2D eigenvalue weighted by Gasteiger charge is -2.32. The first kappa shape index (κ1) is 22.0. The number of piperidine rings is 1. The Morgan fingerprint density at radius 2 is 1.97 bits per heavy atom. The molecule has 0 bridgehead atoms. The number of nitrogens with zero attached hydrogens (tertiary/aromatic N) is 5. The fourth-order valence-corrected chi connectivity index (χ4v) is 5.27. The minimum absolute atomic E-state index is 0.541. The summed E-state index contributed by atoms with van der Waals surface area (Å²) in [5, 5.41) is 21.8. The predicted molar refractivity (Wildman–Crippen MR) is 138 cm³/mol. The first-order valence-electron chi connectivity index (χ1n) is 12.1. The molecule has 0 aromatic carbocycles. The summed E-state index contributed by atoms with van der Waals surface area (Å²) in [6, 6.07) is 10.7. The van der Waals surface area contributed by atoms with Gasteiger partial charge in [0.1, 0.15) is 23.5 Å². The van der Waals surface area contributed by atoms with Gasteiger partial charge in [-0.25, -0.2) is 9.97 Å². The standard InChI is InChI=1S/C26H30N8O/c1-27-16-7-12-34(13-8-16)22-5-3-4-21(32-22)31-20-15-29-24(19-14-30-26(35)23(19)20)17-6-10-28-25-18(17)9-11-33(25)2/h3-6,9-11,15-16,26-27,30,35H,7-8,12-14H2,1-2H3,(H,31,32). The van der Waals surface area contributed by atoms with Crippen LogP contribution in [-0.4, -0.2) is 50.8 Å². The van der Waals surface area contributed by atoms with Crippen LogP contribution in [0.4, 0.5) is 17.3 Å². The number of pyridine rings is 3. The number of nitrogens with one attached hydrogen (secondary N) is 3. The summed E-state index contributed by atoms with van der Waals surface area (Å²) in [6.07, 6.45) is 7.06. The maximum Gasteiger partial charge on any atom is 0.140 e. The van der Waals surface area contributed by atoms with E-state index in [1.54, 1.807) is 6.20 Å². The summed E-state index contributed by atoms with van der Waals surface area (Å²) in [4.78, 5) is 16.6. The van der Waals surface area contributed by atoms with E-state index in [-0.39, 0.29) is 0 Å². The van der Waals surface area contributed by atoms with E-state index < -0.39 is 6.23 Å². The van der Waals surface area contributed by atoms with Gasteiger partial charge in [-0.2, -0.15) is 0 Å². The van der Waals surface area contributed by atoms with Gasteiger partial charge in [0.2, 0.25) is 0 Å². The number of aromatic nitrogens is 4. The van der Waals surface area contributed by atoms with Crippen LogP contribution in [0.1, 0.15) is 30.2 Å².